The lowest BCUT2D eigenvalue weighted by atomic mass is 9.86. The Balaban J connectivity index is 1.66. The average molecular weight is 364 g/mol. The largest absolute Gasteiger partial charge is 0.481 e. The van der Waals surface area contributed by atoms with E-state index in [4.69, 9.17) is 5.11 Å². The van der Waals surface area contributed by atoms with E-state index in [9.17, 15) is 18.4 Å². The number of hydrogen-bond acceptors (Lipinski definition) is 4. The molecular weight excluding hydrogens is 346 g/mol. The summed E-state index contributed by atoms with van der Waals surface area (Å²) in [6.07, 6.45) is 3.72. The summed E-state index contributed by atoms with van der Waals surface area (Å²) in [5.41, 5.74) is 0.807. The van der Waals surface area contributed by atoms with Crippen LogP contribution in [-0.4, -0.2) is 34.6 Å². The molecule has 0 radical (unpaired) electrons. The van der Waals surface area contributed by atoms with Crippen LogP contribution in [-0.2, 0) is 4.79 Å². The van der Waals surface area contributed by atoms with Crippen molar-refractivity contribution in [3.63, 3.8) is 0 Å². The predicted molar refractivity (Wildman–Crippen MR) is 89.2 cm³/mol. The van der Waals surface area contributed by atoms with Gasteiger partial charge in [-0.05, 0) is 43.9 Å². The van der Waals surface area contributed by atoms with Gasteiger partial charge in [-0.25, -0.2) is 0 Å². The topological polar surface area (TPSA) is 88.5 Å². The van der Waals surface area contributed by atoms with Gasteiger partial charge in [-0.2, -0.15) is 8.78 Å². The van der Waals surface area contributed by atoms with Crippen molar-refractivity contribution in [2.75, 3.05) is 0 Å². The van der Waals surface area contributed by atoms with Crippen LogP contribution in [0.5, 0.6) is 5.75 Å². The van der Waals surface area contributed by atoms with Crippen LogP contribution in [0.1, 0.15) is 36.0 Å². The first-order valence-electron chi connectivity index (χ1n) is 8.30. The second-order valence-electron chi connectivity index (χ2n) is 6.32. The van der Waals surface area contributed by atoms with Gasteiger partial charge in [-0.3, -0.25) is 14.6 Å². The normalized spacial score (nSPS) is 20.1. The van der Waals surface area contributed by atoms with Gasteiger partial charge < -0.3 is 15.2 Å². The third-order valence-electron chi connectivity index (χ3n) is 4.55. The highest BCUT2D eigenvalue weighted by Crippen LogP contribution is 2.25. The number of ether oxygens (including phenoxy) is 1. The molecule has 1 amide bonds. The van der Waals surface area contributed by atoms with Crippen molar-refractivity contribution >= 4 is 22.8 Å². The van der Waals surface area contributed by atoms with Crippen molar-refractivity contribution in [2.45, 2.75) is 38.3 Å². The highest BCUT2D eigenvalue weighted by Gasteiger charge is 2.27. The van der Waals surface area contributed by atoms with E-state index in [0.717, 1.165) is 0 Å². The molecule has 8 heteroatoms. The number of alkyl halides is 2. The van der Waals surface area contributed by atoms with Crippen molar-refractivity contribution < 1.29 is 28.2 Å². The number of carboxylic acid groups (broad SMARTS) is 1. The lowest BCUT2D eigenvalue weighted by Crippen LogP contribution is -2.38. The quantitative estimate of drug-likeness (QED) is 0.850. The van der Waals surface area contributed by atoms with Crippen molar-refractivity contribution in [1.82, 2.24) is 10.3 Å². The predicted octanol–water partition coefficient (Wildman–Crippen LogP) is 3.21. The number of nitrogens with one attached hydrogen (secondary N) is 1. The highest BCUT2D eigenvalue weighted by atomic mass is 19.3. The van der Waals surface area contributed by atoms with Crippen LogP contribution >= 0.6 is 0 Å². The van der Waals surface area contributed by atoms with Crippen LogP contribution in [0.4, 0.5) is 8.78 Å². The summed E-state index contributed by atoms with van der Waals surface area (Å²) in [5, 5.41) is 12.5. The molecule has 1 aromatic heterocycles. The van der Waals surface area contributed by atoms with Gasteiger partial charge >= 0.3 is 12.6 Å². The summed E-state index contributed by atoms with van der Waals surface area (Å²) in [6, 6.07) is 5.92. The Morgan fingerprint density at radius 3 is 2.58 bits per heavy atom. The zero-order valence-corrected chi connectivity index (χ0v) is 13.8. The van der Waals surface area contributed by atoms with Crippen LogP contribution in [0, 0.1) is 5.92 Å². The molecule has 0 unspecified atom stereocenters. The number of pyridine rings is 1. The highest BCUT2D eigenvalue weighted by molar-refractivity contribution is 5.97. The Bertz CT molecular complexity index is 820. The number of amides is 1. The number of carbonyl (C=O) groups excluding carboxylic acids is 1. The summed E-state index contributed by atoms with van der Waals surface area (Å²) in [4.78, 5) is 27.5. The van der Waals surface area contributed by atoms with Crippen LogP contribution < -0.4 is 10.1 Å². The van der Waals surface area contributed by atoms with E-state index in [-0.39, 0.29) is 23.6 Å². The fourth-order valence-corrected chi connectivity index (χ4v) is 3.16. The summed E-state index contributed by atoms with van der Waals surface area (Å²) in [5.74, 6) is -1.41. The van der Waals surface area contributed by atoms with Gasteiger partial charge in [0.05, 0.1) is 17.0 Å². The van der Waals surface area contributed by atoms with E-state index < -0.39 is 12.6 Å². The number of aromatic nitrogens is 1. The Kier molecular flexibility index (Phi) is 5.29. The molecule has 1 saturated carbocycles. The third-order valence-corrected chi connectivity index (χ3v) is 4.55. The van der Waals surface area contributed by atoms with Crippen molar-refractivity contribution in [2.24, 2.45) is 5.92 Å². The number of nitrogens with zero attached hydrogens (tertiary/aromatic N) is 1. The Morgan fingerprint density at radius 2 is 1.92 bits per heavy atom. The van der Waals surface area contributed by atoms with Crippen molar-refractivity contribution in [3.05, 3.63) is 36.0 Å². The maximum absolute atomic E-state index is 12.4. The first kappa shape index (κ1) is 18.0. The number of rotatable bonds is 5. The molecule has 138 valence electrons. The number of fused-ring (bicyclic) bond motifs is 1. The number of carboxylic acids is 1. The maximum Gasteiger partial charge on any atom is 0.387 e. The van der Waals surface area contributed by atoms with E-state index >= 15 is 0 Å². The maximum atomic E-state index is 12.4. The zero-order valence-electron chi connectivity index (χ0n) is 13.8. The van der Waals surface area contributed by atoms with Gasteiger partial charge in [-0.1, -0.05) is 0 Å². The lowest BCUT2D eigenvalue weighted by molar-refractivity contribution is -0.142. The van der Waals surface area contributed by atoms with Crippen LogP contribution in [0.15, 0.2) is 30.5 Å². The second-order valence-corrected chi connectivity index (χ2v) is 6.32. The number of benzene rings is 1. The van der Waals surface area contributed by atoms with Gasteiger partial charge in [0.1, 0.15) is 5.75 Å². The Labute approximate surface area is 148 Å². The van der Waals surface area contributed by atoms with E-state index in [1.54, 1.807) is 12.1 Å². The standard InChI is InChI=1S/C18H18F2N2O4/c19-18(20)26-14-6-3-11-7-12(9-21-15(11)8-14)16(23)22-13-4-1-10(2-5-13)17(24)25/h3,6-10,13,18H,1-2,4-5H2,(H,22,23)(H,24,25). The average Bonchev–Trinajstić information content (AvgIpc) is 2.61. The molecule has 0 atom stereocenters. The molecule has 3 rings (SSSR count). The first-order chi connectivity index (χ1) is 12.4. The van der Waals surface area contributed by atoms with Crippen molar-refractivity contribution in [3.8, 4) is 5.75 Å². The molecule has 1 heterocycles. The molecule has 1 fully saturated rings. The van der Waals surface area contributed by atoms with Gasteiger partial charge in [0, 0.05) is 23.7 Å². The van der Waals surface area contributed by atoms with Gasteiger partial charge in [0.2, 0.25) is 0 Å². The molecule has 2 aromatic rings. The summed E-state index contributed by atoms with van der Waals surface area (Å²) >= 11 is 0. The van der Waals surface area contributed by atoms with E-state index in [1.807, 2.05) is 0 Å². The molecule has 0 bridgehead atoms. The summed E-state index contributed by atoms with van der Waals surface area (Å²) in [6.45, 7) is -2.91. The Morgan fingerprint density at radius 1 is 1.19 bits per heavy atom. The molecule has 1 aromatic carbocycles. The van der Waals surface area contributed by atoms with Gasteiger partial charge in [0.15, 0.2) is 0 Å². The molecule has 2 N–H and O–H groups in total. The zero-order chi connectivity index (χ0) is 18.7. The minimum Gasteiger partial charge on any atom is -0.481 e. The van der Waals surface area contributed by atoms with E-state index in [2.05, 4.69) is 15.0 Å². The molecule has 26 heavy (non-hydrogen) atoms. The lowest BCUT2D eigenvalue weighted by Gasteiger charge is -2.26. The summed E-state index contributed by atoms with van der Waals surface area (Å²) in [7, 11) is 0. The fourth-order valence-electron chi connectivity index (χ4n) is 3.16. The van der Waals surface area contributed by atoms with Crippen LogP contribution in [0.2, 0.25) is 0 Å². The number of halogens is 2. The van der Waals surface area contributed by atoms with E-state index in [1.165, 1.54) is 18.3 Å². The number of hydrogen-bond donors (Lipinski definition) is 2. The van der Waals surface area contributed by atoms with Crippen LogP contribution in [0.25, 0.3) is 10.9 Å². The van der Waals surface area contributed by atoms with Gasteiger partial charge in [0.25, 0.3) is 5.91 Å². The molecule has 6 nitrogen and oxygen atoms in total. The molecule has 1 aliphatic carbocycles. The minimum absolute atomic E-state index is 0.00684. The molecule has 0 aliphatic heterocycles. The number of aliphatic carboxylic acids is 1. The molecule has 1 aliphatic rings. The minimum atomic E-state index is -2.91. The fraction of sp³-hybridized carbons (Fsp3) is 0.389. The van der Waals surface area contributed by atoms with Crippen LogP contribution in [0.3, 0.4) is 0 Å². The monoisotopic (exact) mass is 364 g/mol. The van der Waals surface area contributed by atoms with Crippen molar-refractivity contribution in [1.29, 1.82) is 0 Å². The Hall–Kier alpha value is -2.77. The SMILES string of the molecule is O=C(NC1CCC(C(=O)O)CC1)c1cnc2cc(OC(F)F)ccc2c1. The van der Waals surface area contributed by atoms with Gasteiger partial charge in [-0.15, -0.1) is 0 Å². The first-order valence-corrected chi connectivity index (χ1v) is 8.30. The molecule has 0 saturated heterocycles. The smallest absolute Gasteiger partial charge is 0.387 e. The number of carbonyl (C=O) groups is 2. The molecular formula is C18H18F2N2O4. The summed E-state index contributed by atoms with van der Waals surface area (Å²) < 4.78 is 28.8. The second kappa shape index (κ2) is 7.63. The molecule has 0 spiro atoms. The van der Waals surface area contributed by atoms with E-state index in [0.29, 0.717) is 42.1 Å². The third kappa shape index (κ3) is 4.25.